The van der Waals surface area contributed by atoms with Crippen LogP contribution in [0.25, 0.3) is 0 Å². The normalized spacial score (nSPS) is 14.8. The highest BCUT2D eigenvalue weighted by Gasteiger charge is 2.54. The fourth-order valence-corrected chi connectivity index (χ4v) is 4.94. The highest BCUT2D eigenvalue weighted by Crippen LogP contribution is 2.56. The lowest BCUT2D eigenvalue weighted by atomic mass is 9.77. The minimum Gasteiger partial charge on any atom is -0.456 e. The second-order valence-corrected chi connectivity index (χ2v) is 8.59. The van der Waals surface area contributed by atoms with Crippen molar-refractivity contribution in [2.45, 2.75) is 51.0 Å². The van der Waals surface area contributed by atoms with Gasteiger partial charge in [-0.1, -0.05) is 87.6 Å². The van der Waals surface area contributed by atoms with E-state index < -0.39 is 5.60 Å². The summed E-state index contributed by atoms with van der Waals surface area (Å²) in [5.74, 6) is 1.15. The van der Waals surface area contributed by atoms with Crippen LogP contribution in [0.3, 0.4) is 0 Å². The third-order valence-corrected chi connectivity index (χ3v) is 6.49. The Hall–Kier alpha value is -3.27. The summed E-state index contributed by atoms with van der Waals surface area (Å²) in [5, 5.41) is 3.50. The number of hydrogen-bond donors (Lipinski definition) is 1. The van der Waals surface area contributed by atoms with Crippen LogP contribution in [-0.4, -0.2) is 12.5 Å². The predicted octanol–water partition coefficient (Wildman–Crippen LogP) is 7.03. The largest absolute Gasteiger partial charge is 0.456 e. The van der Waals surface area contributed by atoms with Gasteiger partial charge in [0.1, 0.15) is 11.5 Å². The zero-order chi connectivity index (χ0) is 22.0. The van der Waals surface area contributed by atoms with Crippen molar-refractivity contribution in [1.82, 2.24) is 0 Å². The first kappa shape index (κ1) is 20.6. The molecule has 4 heteroatoms. The summed E-state index contributed by atoms with van der Waals surface area (Å²) < 4.78 is 12.4. The fraction of sp³-hybridized carbons (Fsp3) is 0.321. The summed E-state index contributed by atoms with van der Waals surface area (Å²) in [6, 6.07) is 21.6. The zero-order valence-electron chi connectivity index (χ0n) is 18.5. The van der Waals surface area contributed by atoms with Gasteiger partial charge < -0.3 is 14.8 Å². The first-order valence-electron chi connectivity index (χ1n) is 11.7. The molecule has 0 radical (unpaired) electrons. The Morgan fingerprint density at radius 1 is 0.750 bits per heavy atom. The van der Waals surface area contributed by atoms with Crippen molar-refractivity contribution in [3.05, 3.63) is 89.0 Å². The lowest BCUT2D eigenvalue weighted by molar-refractivity contribution is 0.0225. The van der Waals surface area contributed by atoms with Crippen LogP contribution >= 0.6 is 0 Å². The number of fused-ring (bicyclic) bond motifs is 6. The number of anilines is 1. The van der Waals surface area contributed by atoms with E-state index in [0.29, 0.717) is 5.56 Å². The molecule has 164 valence electrons. The monoisotopic (exact) mass is 427 g/mol. The molecule has 0 saturated carbocycles. The molecule has 3 aromatic carbocycles. The lowest BCUT2D eigenvalue weighted by Gasteiger charge is -2.36. The van der Waals surface area contributed by atoms with E-state index in [4.69, 9.17) is 9.47 Å². The van der Waals surface area contributed by atoms with Crippen molar-refractivity contribution in [3.8, 4) is 11.5 Å². The molecular formula is C28H29NO3. The van der Waals surface area contributed by atoms with E-state index in [1.165, 1.54) is 32.1 Å². The SMILES string of the molecule is CCCCCCCCNc1cccc2c1C(=O)OC21c2ccccc2Oc2ccccc21. The van der Waals surface area contributed by atoms with E-state index in [1.54, 1.807) is 0 Å². The molecule has 0 aromatic heterocycles. The van der Waals surface area contributed by atoms with E-state index in [2.05, 4.69) is 12.2 Å². The standard InChI is InChI=1S/C28H29NO3/c1-2-3-4-5-6-11-19-29-23-16-12-15-22-26(23)27(30)32-28(22)20-13-7-9-17-24(20)31-25-18-10-8-14-21(25)28/h7-10,12-18,29H,2-6,11,19H2,1H3. The third-order valence-electron chi connectivity index (χ3n) is 6.49. The van der Waals surface area contributed by atoms with Gasteiger partial charge in [-0.2, -0.15) is 0 Å². The molecule has 5 rings (SSSR count). The molecule has 0 amide bonds. The average molecular weight is 428 g/mol. The van der Waals surface area contributed by atoms with Crippen molar-refractivity contribution in [3.63, 3.8) is 0 Å². The van der Waals surface area contributed by atoms with Gasteiger partial charge in [0.2, 0.25) is 0 Å². The van der Waals surface area contributed by atoms with E-state index in [9.17, 15) is 4.79 Å². The maximum absolute atomic E-state index is 13.3. The first-order valence-corrected chi connectivity index (χ1v) is 11.7. The van der Waals surface area contributed by atoms with Crippen molar-refractivity contribution in [1.29, 1.82) is 0 Å². The van der Waals surface area contributed by atoms with E-state index in [1.807, 2.05) is 66.7 Å². The smallest absolute Gasteiger partial charge is 0.342 e. The molecule has 1 spiro atoms. The van der Waals surface area contributed by atoms with Crippen molar-refractivity contribution >= 4 is 11.7 Å². The number of carbonyl (C=O) groups is 1. The van der Waals surface area contributed by atoms with Gasteiger partial charge in [-0.3, -0.25) is 0 Å². The van der Waals surface area contributed by atoms with Crippen molar-refractivity contribution in [2.24, 2.45) is 0 Å². The minimum atomic E-state index is -0.990. The van der Waals surface area contributed by atoms with Gasteiger partial charge in [-0.15, -0.1) is 0 Å². The first-order chi connectivity index (χ1) is 15.8. The number of carbonyl (C=O) groups excluding carboxylic acids is 1. The number of para-hydroxylation sites is 2. The average Bonchev–Trinajstić information content (AvgIpc) is 3.12. The van der Waals surface area contributed by atoms with Crippen LogP contribution in [0, 0.1) is 0 Å². The van der Waals surface area contributed by atoms with E-state index >= 15 is 0 Å². The predicted molar refractivity (Wildman–Crippen MR) is 127 cm³/mol. The van der Waals surface area contributed by atoms with Crippen molar-refractivity contribution < 1.29 is 14.3 Å². The quantitative estimate of drug-likeness (QED) is 0.310. The van der Waals surface area contributed by atoms with Gasteiger partial charge in [0.15, 0.2) is 5.60 Å². The zero-order valence-corrected chi connectivity index (χ0v) is 18.5. The van der Waals surface area contributed by atoms with Gasteiger partial charge in [-0.25, -0.2) is 4.79 Å². The number of ether oxygens (including phenoxy) is 2. The maximum Gasteiger partial charge on any atom is 0.342 e. The molecule has 4 nitrogen and oxygen atoms in total. The topological polar surface area (TPSA) is 47.6 Å². The summed E-state index contributed by atoms with van der Waals surface area (Å²) in [7, 11) is 0. The Bertz CT molecular complexity index is 1090. The number of hydrogen-bond acceptors (Lipinski definition) is 4. The number of nitrogens with one attached hydrogen (secondary N) is 1. The summed E-state index contributed by atoms with van der Waals surface area (Å²) >= 11 is 0. The molecule has 0 aliphatic carbocycles. The minimum absolute atomic E-state index is 0.294. The van der Waals surface area contributed by atoms with Gasteiger partial charge >= 0.3 is 5.97 Å². The summed E-state index contributed by atoms with van der Waals surface area (Å²) in [4.78, 5) is 13.3. The number of rotatable bonds is 8. The summed E-state index contributed by atoms with van der Waals surface area (Å²) in [6.45, 7) is 3.08. The molecule has 0 bridgehead atoms. The maximum atomic E-state index is 13.3. The Balaban J connectivity index is 1.49. The molecular weight excluding hydrogens is 398 g/mol. The molecule has 2 aliphatic heterocycles. The second kappa shape index (κ2) is 8.70. The number of benzene rings is 3. The fourth-order valence-electron chi connectivity index (χ4n) is 4.94. The molecule has 0 saturated heterocycles. The van der Waals surface area contributed by atoms with Crippen LogP contribution in [0.5, 0.6) is 11.5 Å². The molecule has 3 aromatic rings. The highest BCUT2D eigenvalue weighted by molar-refractivity contribution is 6.02. The van der Waals surface area contributed by atoms with Crippen LogP contribution in [0.4, 0.5) is 5.69 Å². The molecule has 0 unspecified atom stereocenters. The van der Waals surface area contributed by atoms with Crippen LogP contribution in [0.15, 0.2) is 66.7 Å². The van der Waals surface area contributed by atoms with Crippen molar-refractivity contribution in [2.75, 3.05) is 11.9 Å². The third kappa shape index (κ3) is 3.35. The molecule has 0 atom stereocenters. The lowest BCUT2D eigenvalue weighted by Crippen LogP contribution is -2.32. The van der Waals surface area contributed by atoms with Gasteiger partial charge in [0, 0.05) is 28.9 Å². The van der Waals surface area contributed by atoms with Gasteiger partial charge in [0.25, 0.3) is 0 Å². The molecule has 1 N–H and O–H groups in total. The van der Waals surface area contributed by atoms with Gasteiger partial charge in [-0.05, 0) is 24.6 Å². The second-order valence-electron chi connectivity index (χ2n) is 8.59. The Morgan fingerprint density at radius 2 is 1.38 bits per heavy atom. The number of esters is 1. The molecule has 2 aliphatic rings. The molecule has 0 fully saturated rings. The summed E-state index contributed by atoms with van der Waals surface area (Å²) in [5.41, 5.74) is 3.08. The van der Waals surface area contributed by atoms with Crippen LogP contribution in [-0.2, 0) is 10.3 Å². The Morgan fingerprint density at radius 3 is 2.09 bits per heavy atom. The van der Waals surface area contributed by atoms with Crippen LogP contribution in [0.1, 0.15) is 72.5 Å². The highest BCUT2D eigenvalue weighted by atomic mass is 16.6. The van der Waals surface area contributed by atoms with E-state index in [-0.39, 0.29) is 5.97 Å². The van der Waals surface area contributed by atoms with Crippen LogP contribution in [0.2, 0.25) is 0 Å². The van der Waals surface area contributed by atoms with Crippen LogP contribution < -0.4 is 10.1 Å². The summed E-state index contributed by atoms with van der Waals surface area (Å²) in [6.07, 6.45) is 7.42. The van der Waals surface area contributed by atoms with E-state index in [0.717, 1.165) is 46.8 Å². The molecule has 2 heterocycles. The Labute approximate surface area is 189 Å². The van der Waals surface area contributed by atoms with Gasteiger partial charge in [0.05, 0.1) is 5.56 Å². The Kier molecular flexibility index (Phi) is 5.60. The number of unbranched alkanes of at least 4 members (excludes halogenated alkanes) is 5. The molecule has 32 heavy (non-hydrogen) atoms.